The number of esters is 1. The maximum absolute atomic E-state index is 11.5. The largest absolute Gasteiger partial charge is 0.491 e. The van der Waals surface area contributed by atoms with Crippen molar-refractivity contribution in [2.24, 2.45) is 5.92 Å². The molecule has 0 bridgehead atoms. The van der Waals surface area contributed by atoms with Gasteiger partial charge >= 0.3 is 5.97 Å². The van der Waals surface area contributed by atoms with Crippen LogP contribution < -0.4 is 4.74 Å². The molecule has 0 aliphatic rings. The van der Waals surface area contributed by atoms with Crippen LogP contribution in [0.5, 0.6) is 5.75 Å². The summed E-state index contributed by atoms with van der Waals surface area (Å²) in [6.07, 6.45) is 1.34. The molecule has 0 aromatic heterocycles. The monoisotopic (exact) mass is 366 g/mol. The van der Waals surface area contributed by atoms with E-state index in [1.165, 1.54) is 5.56 Å². The molecule has 26 heavy (non-hydrogen) atoms. The van der Waals surface area contributed by atoms with Crippen LogP contribution >= 0.6 is 0 Å². The molecule has 0 N–H and O–H groups in total. The van der Waals surface area contributed by atoms with Gasteiger partial charge in [0.05, 0.1) is 32.8 Å². The number of rotatable bonds is 12. The highest BCUT2D eigenvalue weighted by Crippen LogP contribution is 2.14. The van der Waals surface area contributed by atoms with Gasteiger partial charge in [-0.1, -0.05) is 26.0 Å². The van der Waals surface area contributed by atoms with Gasteiger partial charge < -0.3 is 18.9 Å². The van der Waals surface area contributed by atoms with Crippen molar-refractivity contribution >= 4 is 5.97 Å². The summed E-state index contributed by atoms with van der Waals surface area (Å²) >= 11 is 0. The summed E-state index contributed by atoms with van der Waals surface area (Å²) in [6, 6.07) is 8.21. The van der Waals surface area contributed by atoms with Gasteiger partial charge in [0.15, 0.2) is 0 Å². The molecule has 1 aromatic rings. The van der Waals surface area contributed by atoms with Crippen LogP contribution in [0.3, 0.4) is 0 Å². The van der Waals surface area contributed by atoms with Crippen LogP contribution in [-0.4, -0.2) is 44.6 Å². The van der Waals surface area contributed by atoms with Gasteiger partial charge in [0.25, 0.3) is 0 Å². The van der Waals surface area contributed by atoms with Crippen LogP contribution in [0.4, 0.5) is 0 Å². The molecule has 0 atom stereocenters. The second kappa shape index (κ2) is 11.9. The summed E-state index contributed by atoms with van der Waals surface area (Å²) in [5.41, 5.74) is 0.877. The molecule has 0 radical (unpaired) electrons. The van der Waals surface area contributed by atoms with Crippen molar-refractivity contribution < 1.29 is 23.7 Å². The van der Waals surface area contributed by atoms with Crippen LogP contribution in [-0.2, 0) is 25.4 Å². The van der Waals surface area contributed by atoms with Crippen molar-refractivity contribution in [1.82, 2.24) is 0 Å². The lowest BCUT2D eigenvalue weighted by atomic mass is 10.0. The Morgan fingerprint density at radius 1 is 0.923 bits per heavy atom. The highest BCUT2D eigenvalue weighted by molar-refractivity contribution is 5.69. The zero-order chi connectivity index (χ0) is 19.4. The first kappa shape index (κ1) is 22.5. The second-order valence-electron chi connectivity index (χ2n) is 7.65. The minimum atomic E-state index is -0.449. The molecule has 0 aliphatic carbocycles. The standard InChI is InChI=1S/C21H34O5/c1-17(2)16-18-6-8-19(9-7-18)25-15-14-24-13-12-23-11-10-20(22)26-21(3,4)5/h6-9,17H,10-16H2,1-5H3. The Balaban J connectivity index is 1.98. The van der Waals surface area contributed by atoms with Gasteiger partial charge in [-0.05, 0) is 50.8 Å². The fourth-order valence-corrected chi connectivity index (χ4v) is 2.28. The molecule has 0 spiro atoms. The molecule has 1 rings (SSSR count). The lowest BCUT2D eigenvalue weighted by Gasteiger charge is -2.19. The van der Waals surface area contributed by atoms with Crippen LogP contribution in [0, 0.1) is 5.92 Å². The van der Waals surface area contributed by atoms with Gasteiger partial charge in [-0.3, -0.25) is 4.79 Å². The summed E-state index contributed by atoms with van der Waals surface area (Å²) in [7, 11) is 0. The molecule has 0 fully saturated rings. The van der Waals surface area contributed by atoms with Gasteiger partial charge in [-0.15, -0.1) is 0 Å². The molecule has 0 amide bonds. The molecule has 0 saturated carbocycles. The Bertz CT molecular complexity index is 502. The van der Waals surface area contributed by atoms with Crippen LogP contribution in [0.25, 0.3) is 0 Å². The number of ether oxygens (including phenoxy) is 4. The van der Waals surface area contributed by atoms with E-state index >= 15 is 0 Å². The number of hydrogen-bond donors (Lipinski definition) is 0. The molecular formula is C21H34O5. The Morgan fingerprint density at radius 3 is 2.08 bits per heavy atom. The number of carbonyl (C=O) groups is 1. The van der Waals surface area contributed by atoms with Gasteiger partial charge in [0.2, 0.25) is 0 Å². The average molecular weight is 366 g/mol. The van der Waals surface area contributed by atoms with Crippen molar-refractivity contribution in [2.45, 2.75) is 53.1 Å². The summed E-state index contributed by atoms with van der Waals surface area (Å²) < 4.78 is 21.7. The predicted molar refractivity (Wildman–Crippen MR) is 103 cm³/mol. The van der Waals surface area contributed by atoms with E-state index in [9.17, 15) is 4.79 Å². The third-order valence-corrected chi connectivity index (χ3v) is 3.31. The van der Waals surface area contributed by atoms with Gasteiger partial charge in [-0.2, -0.15) is 0 Å². The molecule has 148 valence electrons. The molecule has 5 nitrogen and oxygen atoms in total. The minimum Gasteiger partial charge on any atom is -0.491 e. The second-order valence-corrected chi connectivity index (χ2v) is 7.65. The van der Waals surface area contributed by atoms with Crippen molar-refractivity contribution in [3.05, 3.63) is 29.8 Å². The van der Waals surface area contributed by atoms with Crippen molar-refractivity contribution in [3.63, 3.8) is 0 Å². The fraction of sp³-hybridized carbons (Fsp3) is 0.667. The summed E-state index contributed by atoms with van der Waals surface area (Å²) in [6.45, 7) is 12.2. The Morgan fingerprint density at radius 2 is 1.50 bits per heavy atom. The first-order valence-electron chi connectivity index (χ1n) is 9.35. The summed E-state index contributed by atoms with van der Waals surface area (Å²) in [5.74, 6) is 1.27. The normalized spacial score (nSPS) is 11.6. The van der Waals surface area contributed by atoms with E-state index in [-0.39, 0.29) is 12.4 Å². The molecule has 0 unspecified atom stereocenters. The maximum Gasteiger partial charge on any atom is 0.308 e. The number of carbonyl (C=O) groups excluding carboxylic acids is 1. The molecule has 5 heteroatoms. The third kappa shape index (κ3) is 11.9. The first-order chi connectivity index (χ1) is 12.3. The van der Waals surface area contributed by atoms with Gasteiger partial charge in [0.1, 0.15) is 18.0 Å². The summed E-state index contributed by atoms with van der Waals surface area (Å²) in [5, 5.41) is 0. The quantitative estimate of drug-likeness (QED) is 0.413. The average Bonchev–Trinajstić information content (AvgIpc) is 2.52. The van der Waals surface area contributed by atoms with E-state index in [0.29, 0.717) is 39.0 Å². The predicted octanol–water partition coefficient (Wildman–Crippen LogP) is 4.03. The topological polar surface area (TPSA) is 54.0 Å². The SMILES string of the molecule is CC(C)Cc1ccc(OCCOCCOCCC(=O)OC(C)(C)C)cc1. The lowest BCUT2D eigenvalue weighted by Crippen LogP contribution is -2.24. The van der Waals surface area contributed by atoms with Gasteiger partial charge in [-0.25, -0.2) is 0 Å². The van der Waals surface area contributed by atoms with E-state index in [1.54, 1.807) is 0 Å². The Kier molecular flexibility index (Phi) is 10.3. The van der Waals surface area contributed by atoms with E-state index in [0.717, 1.165) is 12.2 Å². The van der Waals surface area contributed by atoms with Crippen molar-refractivity contribution in [1.29, 1.82) is 0 Å². The third-order valence-electron chi connectivity index (χ3n) is 3.31. The van der Waals surface area contributed by atoms with Crippen molar-refractivity contribution in [3.8, 4) is 5.75 Å². The van der Waals surface area contributed by atoms with E-state index < -0.39 is 5.60 Å². The molecule has 1 aromatic carbocycles. The van der Waals surface area contributed by atoms with E-state index in [1.807, 2.05) is 32.9 Å². The molecule has 0 heterocycles. The van der Waals surface area contributed by atoms with E-state index in [2.05, 4.69) is 26.0 Å². The van der Waals surface area contributed by atoms with Crippen LogP contribution in [0.2, 0.25) is 0 Å². The van der Waals surface area contributed by atoms with Gasteiger partial charge in [0, 0.05) is 0 Å². The highest BCUT2D eigenvalue weighted by atomic mass is 16.6. The number of hydrogen-bond acceptors (Lipinski definition) is 5. The van der Waals surface area contributed by atoms with Crippen LogP contribution in [0.1, 0.15) is 46.6 Å². The molecule has 0 saturated heterocycles. The highest BCUT2D eigenvalue weighted by Gasteiger charge is 2.15. The Labute approximate surface area is 158 Å². The number of benzene rings is 1. The smallest absolute Gasteiger partial charge is 0.308 e. The molecule has 0 aliphatic heterocycles. The fourth-order valence-electron chi connectivity index (χ4n) is 2.28. The zero-order valence-corrected chi connectivity index (χ0v) is 16.9. The van der Waals surface area contributed by atoms with E-state index in [4.69, 9.17) is 18.9 Å². The lowest BCUT2D eigenvalue weighted by molar-refractivity contribution is -0.156. The summed E-state index contributed by atoms with van der Waals surface area (Å²) in [4.78, 5) is 11.5. The minimum absolute atomic E-state index is 0.244. The first-order valence-corrected chi connectivity index (χ1v) is 9.35. The molecular weight excluding hydrogens is 332 g/mol. The van der Waals surface area contributed by atoms with Crippen LogP contribution in [0.15, 0.2) is 24.3 Å². The zero-order valence-electron chi connectivity index (χ0n) is 16.9. The Hall–Kier alpha value is -1.59. The van der Waals surface area contributed by atoms with Crippen molar-refractivity contribution in [2.75, 3.05) is 33.0 Å². The maximum atomic E-state index is 11.5.